The smallest absolute Gasteiger partial charge is 0.0766 e. The molecule has 0 aliphatic rings. The fourth-order valence-electron chi connectivity index (χ4n) is 2.41. The highest BCUT2D eigenvalue weighted by molar-refractivity contribution is 9.10. The predicted molar refractivity (Wildman–Crippen MR) is 87.1 cm³/mol. The molecule has 1 heterocycles. The third kappa shape index (κ3) is 3.08. The normalized spacial score (nSPS) is 12.7. The van der Waals surface area contributed by atoms with E-state index in [1.54, 1.807) is 0 Å². The summed E-state index contributed by atoms with van der Waals surface area (Å²) in [4.78, 5) is 0. The van der Waals surface area contributed by atoms with E-state index >= 15 is 0 Å². The molecule has 2 aromatic rings. The van der Waals surface area contributed by atoms with Crippen molar-refractivity contribution in [2.45, 2.75) is 32.7 Å². The van der Waals surface area contributed by atoms with E-state index in [0.29, 0.717) is 0 Å². The number of hydrogen-bond acceptors (Lipinski definition) is 2. The molecule has 0 aliphatic heterocycles. The van der Waals surface area contributed by atoms with E-state index in [0.717, 1.165) is 44.9 Å². The number of benzene rings is 1. The molecule has 5 heteroatoms. The van der Waals surface area contributed by atoms with Crippen LogP contribution in [0.5, 0.6) is 0 Å². The van der Waals surface area contributed by atoms with Crippen LogP contribution in [0, 0.1) is 6.92 Å². The van der Waals surface area contributed by atoms with Crippen LogP contribution in [0.4, 0.5) is 0 Å². The topological polar surface area (TPSA) is 43.8 Å². The Hall–Kier alpha value is -0.840. The fraction of sp³-hybridized carbons (Fsp3) is 0.400. The maximum absolute atomic E-state index is 6.36. The third-order valence-electron chi connectivity index (χ3n) is 3.55. The number of hydrogen-bond donors (Lipinski definition) is 1. The minimum atomic E-state index is -0.0660. The molecule has 1 aromatic heterocycles. The Labute approximate surface area is 133 Å². The molecule has 0 saturated carbocycles. The van der Waals surface area contributed by atoms with Gasteiger partial charge in [-0.25, -0.2) is 0 Å². The molecule has 3 nitrogen and oxygen atoms in total. The first kappa shape index (κ1) is 15.5. The summed E-state index contributed by atoms with van der Waals surface area (Å²) in [5.74, 6) is 0. The fourth-order valence-corrected chi connectivity index (χ4v) is 3.42. The molecule has 108 valence electrons. The average molecular weight is 357 g/mol. The van der Waals surface area contributed by atoms with Gasteiger partial charge in [0.15, 0.2) is 0 Å². The summed E-state index contributed by atoms with van der Waals surface area (Å²) in [5.41, 5.74) is 10.8. The maximum Gasteiger partial charge on any atom is 0.0766 e. The quantitative estimate of drug-likeness (QED) is 0.901. The van der Waals surface area contributed by atoms with Crippen LogP contribution in [0.15, 0.2) is 22.7 Å². The molecule has 0 amide bonds. The summed E-state index contributed by atoms with van der Waals surface area (Å²) in [7, 11) is 1.96. The summed E-state index contributed by atoms with van der Waals surface area (Å²) in [6, 6.07) is 5.78. The number of halogens is 2. The molecule has 0 radical (unpaired) electrons. The van der Waals surface area contributed by atoms with Gasteiger partial charge in [0.2, 0.25) is 0 Å². The molecule has 1 unspecified atom stereocenters. The zero-order chi connectivity index (χ0) is 14.9. The number of nitrogens with two attached hydrogens (primary N) is 1. The van der Waals surface area contributed by atoms with Gasteiger partial charge in [0.05, 0.1) is 15.9 Å². The van der Waals surface area contributed by atoms with E-state index in [1.807, 2.05) is 36.9 Å². The molecule has 2 rings (SSSR count). The van der Waals surface area contributed by atoms with Crippen molar-refractivity contribution in [3.05, 3.63) is 50.2 Å². The molecule has 0 saturated heterocycles. The van der Waals surface area contributed by atoms with Gasteiger partial charge in [0.25, 0.3) is 0 Å². The lowest BCUT2D eigenvalue weighted by molar-refractivity contribution is 0.635. The van der Waals surface area contributed by atoms with Gasteiger partial charge in [-0.1, -0.05) is 24.6 Å². The number of aryl methyl sites for hydroxylation is 3. The first-order valence-corrected chi connectivity index (χ1v) is 7.83. The van der Waals surface area contributed by atoms with Crippen molar-refractivity contribution in [1.29, 1.82) is 0 Å². The Bertz CT molecular complexity index is 622. The lowest BCUT2D eigenvalue weighted by Gasteiger charge is -2.15. The van der Waals surface area contributed by atoms with E-state index in [-0.39, 0.29) is 6.04 Å². The summed E-state index contributed by atoms with van der Waals surface area (Å²) in [6.07, 6.45) is 1.65. The first-order chi connectivity index (χ1) is 9.43. The second-order valence-electron chi connectivity index (χ2n) is 5.00. The van der Waals surface area contributed by atoms with Crippen molar-refractivity contribution in [2.75, 3.05) is 0 Å². The van der Waals surface area contributed by atoms with E-state index in [2.05, 4.69) is 28.0 Å². The van der Waals surface area contributed by atoms with E-state index in [4.69, 9.17) is 17.3 Å². The van der Waals surface area contributed by atoms with Crippen molar-refractivity contribution < 1.29 is 0 Å². The highest BCUT2D eigenvalue weighted by atomic mass is 79.9. The molecular weight excluding hydrogens is 338 g/mol. The molecule has 1 atom stereocenters. The highest BCUT2D eigenvalue weighted by Crippen LogP contribution is 2.27. The van der Waals surface area contributed by atoms with Crippen LogP contribution in [0.25, 0.3) is 0 Å². The summed E-state index contributed by atoms with van der Waals surface area (Å²) in [5, 5.41) is 5.25. The third-order valence-corrected chi connectivity index (χ3v) is 4.70. The molecule has 1 aromatic carbocycles. The zero-order valence-electron chi connectivity index (χ0n) is 12.0. The van der Waals surface area contributed by atoms with E-state index in [9.17, 15) is 0 Å². The zero-order valence-corrected chi connectivity index (χ0v) is 14.3. The van der Waals surface area contributed by atoms with Crippen molar-refractivity contribution in [3.63, 3.8) is 0 Å². The Morgan fingerprint density at radius 2 is 2.15 bits per heavy atom. The van der Waals surface area contributed by atoms with Crippen LogP contribution >= 0.6 is 27.5 Å². The van der Waals surface area contributed by atoms with Gasteiger partial charge in [-0.3, -0.25) is 4.68 Å². The van der Waals surface area contributed by atoms with Crippen LogP contribution in [0.3, 0.4) is 0 Å². The summed E-state index contributed by atoms with van der Waals surface area (Å²) < 4.78 is 2.98. The number of rotatable bonds is 4. The van der Waals surface area contributed by atoms with Crippen LogP contribution in [0.1, 0.15) is 35.5 Å². The molecule has 0 spiro atoms. The van der Waals surface area contributed by atoms with Crippen molar-refractivity contribution in [2.24, 2.45) is 12.8 Å². The lowest BCUT2D eigenvalue weighted by Crippen LogP contribution is -2.16. The minimum Gasteiger partial charge on any atom is -0.324 e. The largest absolute Gasteiger partial charge is 0.324 e. The first-order valence-electron chi connectivity index (χ1n) is 6.65. The number of aromatic nitrogens is 2. The molecule has 2 N–H and O–H groups in total. The Morgan fingerprint density at radius 3 is 2.70 bits per heavy atom. The molecule has 0 bridgehead atoms. The second-order valence-corrected chi connectivity index (χ2v) is 6.23. The second kappa shape index (κ2) is 6.29. The average Bonchev–Trinajstić information content (AvgIpc) is 2.66. The molecule has 0 aliphatic carbocycles. The van der Waals surface area contributed by atoms with Crippen molar-refractivity contribution in [1.82, 2.24) is 9.78 Å². The molecule has 0 fully saturated rings. The van der Waals surface area contributed by atoms with Gasteiger partial charge in [-0.15, -0.1) is 0 Å². The van der Waals surface area contributed by atoms with Crippen molar-refractivity contribution in [3.8, 4) is 0 Å². The van der Waals surface area contributed by atoms with Gasteiger partial charge in [0.1, 0.15) is 0 Å². The Balaban J connectivity index is 2.27. The van der Waals surface area contributed by atoms with Crippen molar-refractivity contribution >= 4 is 27.5 Å². The van der Waals surface area contributed by atoms with Gasteiger partial charge in [-0.05, 0) is 52.5 Å². The van der Waals surface area contributed by atoms with Gasteiger partial charge < -0.3 is 5.73 Å². The molecule has 20 heavy (non-hydrogen) atoms. The minimum absolute atomic E-state index is 0.0660. The van der Waals surface area contributed by atoms with Gasteiger partial charge in [-0.2, -0.15) is 5.10 Å². The monoisotopic (exact) mass is 355 g/mol. The SMILES string of the molecule is CCc1nn(C)c(CC(N)c2ccc(Cl)cc2C)c1Br. The Morgan fingerprint density at radius 1 is 1.45 bits per heavy atom. The van der Waals surface area contributed by atoms with Crippen LogP contribution < -0.4 is 5.73 Å². The van der Waals surface area contributed by atoms with Crippen LogP contribution in [-0.2, 0) is 19.9 Å². The van der Waals surface area contributed by atoms with E-state index < -0.39 is 0 Å². The maximum atomic E-state index is 6.36. The van der Waals surface area contributed by atoms with E-state index in [1.165, 1.54) is 0 Å². The summed E-state index contributed by atoms with van der Waals surface area (Å²) >= 11 is 9.63. The van der Waals surface area contributed by atoms with Crippen LogP contribution in [0.2, 0.25) is 5.02 Å². The lowest BCUT2D eigenvalue weighted by atomic mass is 9.98. The van der Waals surface area contributed by atoms with Crippen LogP contribution in [-0.4, -0.2) is 9.78 Å². The predicted octanol–water partition coefficient (Wildman–Crippen LogP) is 3.95. The standard InChI is InChI=1S/C15H19BrClN3/c1-4-13-15(16)14(20(3)19-13)8-12(18)11-6-5-10(17)7-9(11)2/h5-7,12H,4,8,18H2,1-3H3. The van der Waals surface area contributed by atoms with Gasteiger partial charge >= 0.3 is 0 Å². The Kier molecular flexibility index (Phi) is 4.89. The van der Waals surface area contributed by atoms with Gasteiger partial charge in [0, 0.05) is 24.5 Å². The molecular formula is C15H19BrClN3. The summed E-state index contributed by atoms with van der Waals surface area (Å²) in [6.45, 7) is 4.14. The number of nitrogens with zero attached hydrogens (tertiary/aromatic N) is 2. The highest BCUT2D eigenvalue weighted by Gasteiger charge is 2.17.